The molecule has 0 aromatic carbocycles. The molecule has 5 fully saturated rings. The summed E-state index contributed by atoms with van der Waals surface area (Å²) in [6.45, 7) is 15.9. The standard InChI is InChI=1S/C32H55O8P/c1-19-11-14-32(27(34)39-18-40-41(35,36)37)16-15-30(6)21(26(32)20(19)2)9-10-22-29(5)13-12-24(33)28(3,4)23(29)17-25(38-8)31(22,30)7/h19-26,33H,9-18H2,1-8H3,(H2,35,36,37). The summed E-state index contributed by atoms with van der Waals surface area (Å²) in [5, 5.41) is 11.1. The molecule has 0 bridgehead atoms. The van der Waals surface area contributed by atoms with Gasteiger partial charge in [0, 0.05) is 12.5 Å². The van der Waals surface area contributed by atoms with Crippen molar-refractivity contribution < 1.29 is 38.3 Å². The van der Waals surface area contributed by atoms with Gasteiger partial charge in [-0.3, -0.25) is 4.79 Å². The van der Waals surface area contributed by atoms with Crippen molar-refractivity contribution in [1.29, 1.82) is 0 Å². The molecule has 9 heteroatoms. The number of carbonyl (C=O) groups excluding carboxylic acids is 1. The average Bonchev–Trinajstić information content (AvgIpc) is 2.88. The lowest BCUT2D eigenvalue weighted by atomic mass is 9.30. The maximum Gasteiger partial charge on any atom is 0.472 e. The summed E-state index contributed by atoms with van der Waals surface area (Å²) >= 11 is 0. The van der Waals surface area contributed by atoms with Gasteiger partial charge in [0.15, 0.2) is 0 Å². The number of phosphoric ester groups is 1. The summed E-state index contributed by atoms with van der Waals surface area (Å²) in [7, 11) is -2.87. The molecule has 8 nitrogen and oxygen atoms in total. The number of aliphatic hydroxyl groups excluding tert-OH is 1. The number of methoxy groups -OCH3 is 1. The smallest absolute Gasteiger partial charge is 0.437 e. The van der Waals surface area contributed by atoms with E-state index in [1.54, 1.807) is 0 Å². The highest BCUT2D eigenvalue weighted by Gasteiger charge is 2.74. The van der Waals surface area contributed by atoms with E-state index in [1.165, 1.54) is 0 Å². The maximum atomic E-state index is 13.9. The van der Waals surface area contributed by atoms with E-state index in [0.29, 0.717) is 36.0 Å². The van der Waals surface area contributed by atoms with Crippen LogP contribution >= 0.6 is 7.82 Å². The molecule has 0 amide bonds. The zero-order valence-electron chi connectivity index (χ0n) is 26.5. The van der Waals surface area contributed by atoms with E-state index in [2.05, 4.69) is 53.0 Å². The molecule has 12 unspecified atom stereocenters. The van der Waals surface area contributed by atoms with Crippen molar-refractivity contribution in [2.45, 2.75) is 118 Å². The molecule has 0 aromatic rings. The SMILES string of the molecule is COC1CC2C(C)(C)C(O)CCC2(C)C2CCC3C4C(C)C(C)CCC4(C(=O)OCOP(=O)(O)O)CCC3(C)C12C. The fraction of sp³-hybridized carbons (Fsp3) is 0.969. The number of fused-ring (bicyclic) bond motifs is 7. The minimum Gasteiger partial charge on any atom is -0.437 e. The van der Waals surface area contributed by atoms with Crippen LogP contribution in [0.5, 0.6) is 0 Å². The first-order chi connectivity index (χ1) is 18.9. The van der Waals surface area contributed by atoms with Crippen LogP contribution in [0.3, 0.4) is 0 Å². The summed E-state index contributed by atoms with van der Waals surface area (Å²) in [5.41, 5.74) is -0.866. The monoisotopic (exact) mass is 598 g/mol. The van der Waals surface area contributed by atoms with Crippen molar-refractivity contribution in [2.24, 2.45) is 62.6 Å². The minimum absolute atomic E-state index is 0.0487. The molecule has 41 heavy (non-hydrogen) atoms. The number of hydrogen-bond donors (Lipinski definition) is 3. The zero-order chi connectivity index (χ0) is 30.4. The third-order valence-electron chi connectivity index (χ3n) is 14.7. The first kappa shape index (κ1) is 31.9. The van der Waals surface area contributed by atoms with Gasteiger partial charge in [-0.05, 0) is 110 Å². The van der Waals surface area contributed by atoms with E-state index in [0.717, 1.165) is 51.4 Å². The molecule has 236 valence electrons. The molecule has 0 aliphatic heterocycles. The molecule has 0 radical (unpaired) electrons. The lowest BCUT2D eigenvalue weighted by Gasteiger charge is -2.75. The Morgan fingerprint density at radius 1 is 0.927 bits per heavy atom. The van der Waals surface area contributed by atoms with Gasteiger partial charge < -0.3 is 24.4 Å². The lowest BCUT2D eigenvalue weighted by Crippen LogP contribution is -2.72. The van der Waals surface area contributed by atoms with E-state index >= 15 is 0 Å². The first-order valence-corrected chi connectivity index (χ1v) is 17.5. The summed E-state index contributed by atoms with van der Waals surface area (Å²) in [6.07, 6.45) is 7.99. The van der Waals surface area contributed by atoms with Crippen LogP contribution in [0.15, 0.2) is 0 Å². The highest BCUT2D eigenvalue weighted by Crippen LogP contribution is 2.77. The van der Waals surface area contributed by atoms with Crippen LogP contribution in [-0.2, 0) is 23.4 Å². The number of esters is 1. The van der Waals surface area contributed by atoms with Crippen molar-refractivity contribution in [3.05, 3.63) is 0 Å². The van der Waals surface area contributed by atoms with Crippen molar-refractivity contribution >= 4 is 13.8 Å². The highest BCUT2D eigenvalue weighted by molar-refractivity contribution is 7.46. The molecular weight excluding hydrogens is 543 g/mol. The van der Waals surface area contributed by atoms with Gasteiger partial charge in [-0.25, -0.2) is 9.09 Å². The van der Waals surface area contributed by atoms with E-state index < -0.39 is 20.0 Å². The van der Waals surface area contributed by atoms with E-state index in [9.17, 15) is 14.5 Å². The Balaban J connectivity index is 1.54. The van der Waals surface area contributed by atoms with Gasteiger partial charge in [0.2, 0.25) is 6.79 Å². The molecule has 5 aliphatic carbocycles. The van der Waals surface area contributed by atoms with Gasteiger partial charge in [-0.15, -0.1) is 0 Å². The second-order valence-corrected chi connectivity index (χ2v) is 17.3. The molecule has 0 saturated heterocycles. The normalized spacial score (nSPS) is 51.0. The molecule has 5 saturated carbocycles. The van der Waals surface area contributed by atoms with E-state index in [-0.39, 0.29) is 45.8 Å². The minimum atomic E-state index is -4.73. The molecule has 0 heterocycles. The van der Waals surface area contributed by atoms with Gasteiger partial charge in [-0.2, -0.15) is 0 Å². The maximum absolute atomic E-state index is 13.9. The van der Waals surface area contributed by atoms with Gasteiger partial charge in [-0.1, -0.05) is 48.5 Å². The van der Waals surface area contributed by atoms with Crippen LogP contribution in [0.2, 0.25) is 0 Å². The number of hydrogen-bond acceptors (Lipinski definition) is 6. The van der Waals surface area contributed by atoms with Crippen molar-refractivity contribution in [3.8, 4) is 0 Å². The topological polar surface area (TPSA) is 123 Å². The predicted octanol–water partition coefficient (Wildman–Crippen LogP) is 6.32. The van der Waals surface area contributed by atoms with Crippen LogP contribution in [0, 0.1) is 62.6 Å². The molecule has 0 aromatic heterocycles. The Morgan fingerprint density at radius 3 is 2.24 bits per heavy atom. The summed E-state index contributed by atoms with van der Waals surface area (Å²) in [6, 6.07) is 0. The third-order valence-corrected chi connectivity index (χ3v) is 15.2. The number of aliphatic hydroxyl groups is 1. The number of phosphoric acid groups is 1. The van der Waals surface area contributed by atoms with Gasteiger partial charge >= 0.3 is 13.8 Å². The second kappa shape index (κ2) is 10.3. The second-order valence-electron chi connectivity index (χ2n) is 16.1. The molecule has 5 aliphatic rings. The number of carbonyl (C=O) groups is 1. The fourth-order valence-corrected chi connectivity index (χ4v) is 12.4. The Labute approximate surface area is 246 Å². The van der Waals surface area contributed by atoms with Crippen LogP contribution in [0.25, 0.3) is 0 Å². The Morgan fingerprint density at radius 2 is 1.61 bits per heavy atom. The van der Waals surface area contributed by atoms with Gasteiger partial charge in [0.05, 0.1) is 17.6 Å². The van der Waals surface area contributed by atoms with Crippen LogP contribution in [-0.4, -0.2) is 47.0 Å². The predicted molar refractivity (Wildman–Crippen MR) is 155 cm³/mol. The van der Waals surface area contributed by atoms with Gasteiger partial charge in [0.25, 0.3) is 0 Å². The Kier molecular flexibility index (Phi) is 7.99. The Bertz CT molecular complexity index is 1070. The summed E-state index contributed by atoms with van der Waals surface area (Å²) in [4.78, 5) is 32.2. The average molecular weight is 599 g/mol. The zero-order valence-corrected chi connectivity index (χ0v) is 27.4. The quantitative estimate of drug-likeness (QED) is 0.191. The van der Waals surface area contributed by atoms with Crippen molar-refractivity contribution in [3.63, 3.8) is 0 Å². The largest absolute Gasteiger partial charge is 0.472 e. The van der Waals surface area contributed by atoms with Crippen molar-refractivity contribution in [1.82, 2.24) is 0 Å². The van der Waals surface area contributed by atoms with Crippen molar-refractivity contribution in [2.75, 3.05) is 13.9 Å². The summed E-state index contributed by atoms with van der Waals surface area (Å²) < 4.78 is 27.8. The molecule has 5 rings (SSSR count). The number of ether oxygens (including phenoxy) is 2. The molecular formula is C32H55O8P. The molecule has 0 spiro atoms. The van der Waals surface area contributed by atoms with Crippen LogP contribution in [0.1, 0.15) is 106 Å². The molecule has 12 atom stereocenters. The van der Waals surface area contributed by atoms with E-state index in [1.807, 2.05) is 7.11 Å². The Hall–Kier alpha value is -0.500. The van der Waals surface area contributed by atoms with Crippen LogP contribution in [0.4, 0.5) is 0 Å². The fourth-order valence-electron chi connectivity index (χ4n) is 12.2. The number of rotatable bonds is 5. The summed E-state index contributed by atoms with van der Waals surface area (Å²) in [5.74, 6) is 1.71. The highest BCUT2D eigenvalue weighted by atomic mass is 31.2. The molecule has 3 N–H and O–H groups in total. The lowest BCUT2D eigenvalue weighted by molar-refractivity contribution is -0.294. The third kappa shape index (κ3) is 4.47. The van der Waals surface area contributed by atoms with E-state index in [4.69, 9.17) is 19.3 Å². The first-order valence-electron chi connectivity index (χ1n) is 16.0. The van der Waals surface area contributed by atoms with Crippen LogP contribution < -0.4 is 0 Å². The van der Waals surface area contributed by atoms with Gasteiger partial charge in [0.1, 0.15) is 0 Å².